The third-order valence-corrected chi connectivity index (χ3v) is 8.80. The van der Waals surface area contributed by atoms with Crippen LogP contribution in [0.1, 0.15) is 18.4 Å². The predicted molar refractivity (Wildman–Crippen MR) is 134 cm³/mol. The lowest BCUT2D eigenvalue weighted by molar-refractivity contribution is 0.502. The molecule has 2 aliphatic rings. The maximum Gasteiger partial charge on any atom is 0.283 e. The second-order valence-electron chi connectivity index (χ2n) is 9.25. The Bertz CT molecular complexity index is 1540. The first-order chi connectivity index (χ1) is 16.8. The zero-order valence-electron chi connectivity index (χ0n) is 19.0. The van der Waals surface area contributed by atoms with E-state index < -0.39 is 15.8 Å². The largest absolute Gasteiger partial charge is 0.352 e. The third kappa shape index (κ3) is 3.65. The number of anilines is 2. The van der Waals surface area contributed by atoms with Crippen molar-refractivity contribution in [2.75, 3.05) is 29.4 Å². The summed E-state index contributed by atoms with van der Waals surface area (Å²) in [6, 6.07) is 14.8. The number of rotatable bonds is 4. The molecule has 35 heavy (non-hydrogen) atoms. The predicted octanol–water partition coefficient (Wildman–Crippen LogP) is 4.63. The van der Waals surface area contributed by atoms with E-state index in [0.717, 1.165) is 34.9 Å². The topological polar surface area (TPSA) is 71.3 Å². The summed E-state index contributed by atoms with van der Waals surface area (Å²) in [4.78, 5) is 8.97. The van der Waals surface area contributed by atoms with Crippen LogP contribution in [0.5, 0.6) is 0 Å². The van der Waals surface area contributed by atoms with Gasteiger partial charge in [0.05, 0.1) is 26.4 Å². The Hall–Kier alpha value is -3.17. The number of fused-ring (bicyclic) bond motifs is 1. The van der Waals surface area contributed by atoms with Gasteiger partial charge in [0.2, 0.25) is 0 Å². The van der Waals surface area contributed by atoms with Crippen LogP contribution in [0.25, 0.3) is 10.9 Å². The van der Waals surface area contributed by atoms with E-state index >= 15 is 0 Å². The van der Waals surface area contributed by atoms with Gasteiger partial charge in [-0.05, 0) is 50.1 Å². The van der Waals surface area contributed by atoms with E-state index in [1.165, 1.54) is 24.3 Å². The molecular weight excluding hydrogens is 489 g/mol. The molecule has 1 aliphatic carbocycles. The summed E-state index contributed by atoms with van der Waals surface area (Å²) in [5.41, 5.74) is 0.867. The number of hydrogen-bond donors (Lipinski definition) is 0. The maximum absolute atomic E-state index is 14.4. The second-order valence-corrected chi connectivity index (χ2v) is 11.4. The molecule has 0 amide bonds. The number of benzene rings is 2. The van der Waals surface area contributed by atoms with Gasteiger partial charge >= 0.3 is 0 Å². The summed E-state index contributed by atoms with van der Waals surface area (Å²) in [5.74, 6) is 0.769. The van der Waals surface area contributed by atoms with Gasteiger partial charge in [0.15, 0.2) is 5.82 Å². The standard InChI is InChI=1S/C25H23ClFN5O2S/c1-17-5-7-19(8-6-17)35(33,34)32-21-15-18(27)14-20(26)23(21)24(29-32)31-13-12-30(16-25(31)9-10-25)22-4-2-3-11-28-22/h2-8,11,14-15H,9-10,12-13,16H2,1H3. The molecule has 2 fully saturated rings. The smallest absolute Gasteiger partial charge is 0.283 e. The fourth-order valence-corrected chi connectivity index (χ4v) is 6.47. The number of aromatic nitrogens is 3. The Morgan fingerprint density at radius 3 is 2.51 bits per heavy atom. The van der Waals surface area contributed by atoms with Gasteiger partial charge in [0.25, 0.3) is 10.0 Å². The zero-order chi connectivity index (χ0) is 24.4. The van der Waals surface area contributed by atoms with Crippen molar-refractivity contribution in [2.45, 2.75) is 30.2 Å². The summed E-state index contributed by atoms with van der Waals surface area (Å²) in [6.45, 7) is 3.92. The highest BCUT2D eigenvalue weighted by Crippen LogP contribution is 2.49. The molecule has 1 saturated carbocycles. The molecule has 2 aromatic carbocycles. The highest BCUT2D eigenvalue weighted by Gasteiger charge is 2.53. The number of halogens is 2. The van der Waals surface area contributed by atoms with E-state index in [-0.39, 0.29) is 21.0 Å². The van der Waals surface area contributed by atoms with Crippen molar-refractivity contribution >= 4 is 44.2 Å². The number of hydrogen-bond acceptors (Lipinski definition) is 6. The van der Waals surface area contributed by atoms with Crippen LogP contribution in [0.15, 0.2) is 65.7 Å². The van der Waals surface area contributed by atoms with Crippen LogP contribution in [-0.4, -0.2) is 47.8 Å². The van der Waals surface area contributed by atoms with E-state index in [1.807, 2.05) is 25.1 Å². The first-order valence-corrected chi connectivity index (χ1v) is 13.2. The molecule has 1 saturated heterocycles. The van der Waals surface area contributed by atoms with Crippen molar-refractivity contribution in [2.24, 2.45) is 0 Å². The minimum Gasteiger partial charge on any atom is -0.352 e. The van der Waals surface area contributed by atoms with E-state index in [9.17, 15) is 12.8 Å². The lowest BCUT2D eigenvalue weighted by Gasteiger charge is -2.43. The van der Waals surface area contributed by atoms with Gasteiger partial charge in [0, 0.05) is 31.9 Å². The van der Waals surface area contributed by atoms with Gasteiger partial charge in [-0.3, -0.25) is 0 Å². The monoisotopic (exact) mass is 511 g/mol. The minimum absolute atomic E-state index is 0.0838. The number of nitrogens with zero attached hydrogens (tertiary/aromatic N) is 5. The Kier molecular flexibility index (Phi) is 5.05. The van der Waals surface area contributed by atoms with Crippen LogP contribution in [0.2, 0.25) is 5.02 Å². The highest BCUT2D eigenvalue weighted by molar-refractivity contribution is 7.90. The normalized spacial score (nSPS) is 17.3. The summed E-state index contributed by atoms with van der Waals surface area (Å²) < 4.78 is 42.5. The van der Waals surface area contributed by atoms with E-state index in [2.05, 4.69) is 19.9 Å². The van der Waals surface area contributed by atoms with Crippen LogP contribution in [0.4, 0.5) is 16.0 Å². The molecule has 10 heteroatoms. The average molecular weight is 512 g/mol. The van der Waals surface area contributed by atoms with Gasteiger partial charge in [-0.25, -0.2) is 9.37 Å². The molecule has 0 N–H and O–H groups in total. The molecule has 6 rings (SSSR count). The van der Waals surface area contributed by atoms with Gasteiger partial charge in [-0.15, -0.1) is 5.10 Å². The molecule has 180 valence electrons. The Labute approximate surface area is 207 Å². The second kappa shape index (κ2) is 7.93. The molecule has 1 aliphatic heterocycles. The first kappa shape index (κ1) is 22.3. The van der Waals surface area contributed by atoms with Crippen molar-refractivity contribution in [1.82, 2.24) is 14.2 Å². The SMILES string of the molecule is Cc1ccc(S(=O)(=O)n2nc(N3CCN(c4ccccn4)CC34CC4)c3c(Cl)cc(F)cc32)cc1. The van der Waals surface area contributed by atoms with Crippen molar-refractivity contribution in [1.29, 1.82) is 0 Å². The van der Waals surface area contributed by atoms with Gasteiger partial charge in [-0.2, -0.15) is 12.5 Å². The fraction of sp³-hybridized carbons (Fsp3) is 0.280. The molecule has 7 nitrogen and oxygen atoms in total. The van der Waals surface area contributed by atoms with Crippen LogP contribution < -0.4 is 9.80 Å². The molecule has 3 heterocycles. The first-order valence-electron chi connectivity index (χ1n) is 11.4. The summed E-state index contributed by atoms with van der Waals surface area (Å²) in [7, 11) is -4.07. The molecule has 2 aromatic heterocycles. The molecule has 0 radical (unpaired) electrons. The number of pyridine rings is 1. The molecule has 0 atom stereocenters. The molecular formula is C25H23ClFN5O2S. The number of piperazine rings is 1. The van der Waals surface area contributed by atoms with Crippen molar-refractivity contribution in [3.8, 4) is 0 Å². The van der Waals surface area contributed by atoms with E-state index in [4.69, 9.17) is 11.6 Å². The Morgan fingerprint density at radius 1 is 1.06 bits per heavy atom. The zero-order valence-corrected chi connectivity index (χ0v) is 20.6. The van der Waals surface area contributed by atoms with Gasteiger partial charge in [-0.1, -0.05) is 35.4 Å². The number of aryl methyl sites for hydroxylation is 1. The Balaban J connectivity index is 1.47. The average Bonchev–Trinajstić information content (AvgIpc) is 3.48. The lowest BCUT2D eigenvalue weighted by atomic mass is 10.1. The minimum atomic E-state index is -4.07. The lowest BCUT2D eigenvalue weighted by Crippen LogP contribution is -2.55. The quantitative estimate of drug-likeness (QED) is 0.398. The summed E-state index contributed by atoms with van der Waals surface area (Å²) in [5, 5.41) is 5.18. The van der Waals surface area contributed by atoms with Crippen LogP contribution in [0.3, 0.4) is 0 Å². The van der Waals surface area contributed by atoms with Crippen LogP contribution >= 0.6 is 11.6 Å². The van der Waals surface area contributed by atoms with Gasteiger partial charge in [0.1, 0.15) is 11.6 Å². The third-order valence-electron chi connectivity index (χ3n) is 6.90. The fourth-order valence-electron chi connectivity index (χ4n) is 4.92. The van der Waals surface area contributed by atoms with Gasteiger partial charge < -0.3 is 9.80 Å². The summed E-state index contributed by atoms with van der Waals surface area (Å²) >= 11 is 6.52. The van der Waals surface area contributed by atoms with E-state index in [0.29, 0.717) is 24.3 Å². The molecule has 4 aromatic rings. The summed E-state index contributed by atoms with van der Waals surface area (Å²) in [6.07, 6.45) is 3.66. The van der Waals surface area contributed by atoms with Crippen molar-refractivity contribution < 1.29 is 12.8 Å². The molecule has 0 unspecified atom stereocenters. The molecule has 0 bridgehead atoms. The molecule has 1 spiro atoms. The highest BCUT2D eigenvalue weighted by atomic mass is 35.5. The van der Waals surface area contributed by atoms with Crippen molar-refractivity contribution in [3.05, 3.63) is 77.2 Å². The van der Waals surface area contributed by atoms with Crippen molar-refractivity contribution in [3.63, 3.8) is 0 Å². The Morgan fingerprint density at radius 2 is 1.83 bits per heavy atom. The maximum atomic E-state index is 14.4. The van der Waals surface area contributed by atoms with E-state index in [1.54, 1.807) is 18.3 Å². The van der Waals surface area contributed by atoms with Crippen LogP contribution in [-0.2, 0) is 10.0 Å². The van der Waals surface area contributed by atoms with Crippen LogP contribution in [0, 0.1) is 12.7 Å².